The summed E-state index contributed by atoms with van der Waals surface area (Å²) in [5, 5.41) is 0.491. The number of carbonyl (C=O) groups is 6. The van der Waals surface area contributed by atoms with Gasteiger partial charge < -0.3 is 0 Å². The molecule has 121 heavy (non-hydrogen) atoms. The van der Waals surface area contributed by atoms with Gasteiger partial charge in [0.25, 0.3) is 0 Å². The number of carbonyl (C=O) groups excluding carboxylic acids is 6. The SMILES string of the molecule is CC.CC(C)c1cc(CC(=O)c2ccc(Cl)cn2)ccc1F.CC(C)c1cc(CC(=O)c2ccc(F)cn2)ccc1F.CC(C)c1cc(CC(=O)c2ncc(F)cc2F)ccc1F.Cc1ccc(C(=O)Cc2ccc(F)c(C(C)C)c2)nc1.Cc1ccc(C(=O)Cc2ccc(F)c(C)c2)nc1.Cc1cnc(C(=O)Cc2ccc(F)c(C(C)C)c2)cn1. The molecule has 6 heterocycles. The van der Waals surface area contributed by atoms with Crippen LogP contribution in [0.3, 0.4) is 0 Å². The van der Waals surface area contributed by atoms with Crippen LogP contribution in [0.25, 0.3) is 0 Å². The minimum absolute atomic E-state index is 0.0271. The quantitative estimate of drug-likeness (QED) is 0.0434. The third-order valence-corrected chi connectivity index (χ3v) is 18.6. The van der Waals surface area contributed by atoms with Crippen LogP contribution in [-0.4, -0.2) is 69.6 Å². The third kappa shape index (κ3) is 31.2. The average Bonchev–Trinajstić information content (AvgIpc) is 0.850. The van der Waals surface area contributed by atoms with Crippen molar-refractivity contribution in [3.05, 3.63) is 382 Å². The molecule has 0 atom stereocenters. The Balaban J connectivity index is 0.000000224. The van der Waals surface area contributed by atoms with Gasteiger partial charge in [0.1, 0.15) is 80.7 Å². The smallest absolute Gasteiger partial charge is 0.188 e. The Morgan fingerprint density at radius 3 is 0.843 bits per heavy atom. The molecule has 0 saturated carbocycles. The first-order chi connectivity index (χ1) is 57.3. The summed E-state index contributed by atoms with van der Waals surface area (Å²) >= 11 is 5.73. The highest BCUT2D eigenvalue weighted by atomic mass is 35.5. The van der Waals surface area contributed by atoms with Gasteiger partial charge in [-0.2, -0.15) is 0 Å². The van der Waals surface area contributed by atoms with E-state index in [1.165, 1.54) is 67.0 Å². The van der Waals surface area contributed by atoms with E-state index in [-0.39, 0.29) is 138 Å². The van der Waals surface area contributed by atoms with E-state index < -0.39 is 28.9 Å². The minimum atomic E-state index is -0.994. The highest BCUT2D eigenvalue weighted by molar-refractivity contribution is 6.30. The monoisotopic (exact) mass is 1680 g/mol. The molecule has 0 bridgehead atoms. The third-order valence-electron chi connectivity index (χ3n) is 18.4. The van der Waals surface area contributed by atoms with E-state index in [4.69, 9.17) is 11.6 Å². The van der Waals surface area contributed by atoms with Gasteiger partial charge in [-0.25, -0.2) is 49.5 Å². The molecular formula is C98H99ClF9N7O6. The van der Waals surface area contributed by atoms with Gasteiger partial charge in [-0.15, -0.1) is 0 Å². The van der Waals surface area contributed by atoms with Crippen molar-refractivity contribution in [1.29, 1.82) is 0 Å². The first-order valence-corrected chi connectivity index (χ1v) is 39.7. The summed E-state index contributed by atoms with van der Waals surface area (Å²) in [7, 11) is 0. The predicted molar refractivity (Wildman–Crippen MR) is 455 cm³/mol. The topological polar surface area (TPSA) is 193 Å². The van der Waals surface area contributed by atoms with Crippen molar-refractivity contribution in [2.24, 2.45) is 0 Å². The van der Waals surface area contributed by atoms with Crippen molar-refractivity contribution >= 4 is 46.3 Å². The largest absolute Gasteiger partial charge is 0.292 e. The summed E-state index contributed by atoms with van der Waals surface area (Å²) < 4.78 is 120. The summed E-state index contributed by atoms with van der Waals surface area (Å²) in [5.74, 6) is -4.68. The molecule has 6 aromatic carbocycles. The van der Waals surface area contributed by atoms with Crippen LogP contribution in [0.1, 0.15) is 259 Å². The van der Waals surface area contributed by atoms with Crippen LogP contribution < -0.4 is 0 Å². The number of halogens is 10. The van der Waals surface area contributed by atoms with Crippen LogP contribution in [0.5, 0.6) is 0 Å². The maximum absolute atomic E-state index is 13.6. The molecule has 13 nitrogen and oxygen atoms in total. The molecule has 0 aliphatic carbocycles. The van der Waals surface area contributed by atoms with Gasteiger partial charge in [0.2, 0.25) is 0 Å². The first-order valence-electron chi connectivity index (χ1n) is 39.4. The highest BCUT2D eigenvalue weighted by Crippen LogP contribution is 2.27. The Kier molecular flexibility index (Phi) is 38.4. The van der Waals surface area contributed by atoms with Gasteiger partial charge in [0.05, 0.1) is 29.3 Å². The van der Waals surface area contributed by atoms with Crippen LogP contribution in [0, 0.1) is 80.0 Å². The molecule has 0 aliphatic rings. The van der Waals surface area contributed by atoms with Crippen molar-refractivity contribution in [3.8, 4) is 0 Å². The summed E-state index contributed by atoms with van der Waals surface area (Å²) in [6.07, 6.45) is 10.5. The molecule has 0 fully saturated rings. The van der Waals surface area contributed by atoms with Crippen LogP contribution in [-0.2, 0) is 38.5 Å². The summed E-state index contributed by atoms with van der Waals surface area (Å²) in [4.78, 5) is 99.9. The maximum atomic E-state index is 13.6. The lowest BCUT2D eigenvalue weighted by Gasteiger charge is -2.09. The molecule has 0 unspecified atom stereocenters. The Morgan fingerprint density at radius 1 is 0.273 bits per heavy atom. The lowest BCUT2D eigenvalue weighted by Crippen LogP contribution is -2.10. The molecular weight excluding hydrogens is 1580 g/mol. The number of benzene rings is 6. The molecule has 0 aliphatic heterocycles. The Hall–Kier alpha value is -12.2. The molecule has 12 rings (SSSR count). The van der Waals surface area contributed by atoms with Crippen LogP contribution in [0.15, 0.2) is 207 Å². The van der Waals surface area contributed by atoms with E-state index >= 15 is 0 Å². The second-order valence-electron chi connectivity index (χ2n) is 29.9. The molecule has 23 heteroatoms. The number of hydrogen-bond donors (Lipinski definition) is 0. The molecule has 6 aromatic heterocycles. The fraction of sp³-hybridized carbons (Fsp3) is 0.276. The van der Waals surface area contributed by atoms with E-state index in [0.717, 1.165) is 57.0 Å². The Labute approximate surface area is 706 Å². The fourth-order valence-corrected chi connectivity index (χ4v) is 11.8. The van der Waals surface area contributed by atoms with Crippen LogP contribution >= 0.6 is 11.6 Å². The normalized spacial score (nSPS) is 10.7. The molecule has 0 N–H and O–H groups in total. The van der Waals surface area contributed by atoms with Gasteiger partial charge in [0.15, 0.2) is 40.5 Å². The highest BCUT2D eigenvalue weighted by Gasteiger charge is 2.21. The standard InChI is InChI=1S/C17H18FNO.C16H15ClFNO.C16H14F3NO.C16H15F2NO.C16H17FN2O.C15H14FNO.C2H6/c1-11(2)14-8-13(5-6-15(14)18)9-17(20)16-7-4-12(3)10-19-16;1-10(2)13-7-11(3-5-14(13)18)8-16(20)15-6-4-12(17)9-19-15;1-9(2)12-5-10(3-4-13(12)18)6-15(21)16-14(19)7-11(17)8-20-16;1-10(2)13-7-11(3-5-14(13)18)8-16(20)15-6-4-12(17)9-19-15;1-10(2)13-6-12(4-5-14(13)17)7-16(20)15-9-18-11(3)8-19-15;1-10-3-6-14(17-9-10)15(18)8-12-4-5-13(16)11(2)7-12;1-2/h4-8,10-11H,9H2,1-3H3;3-7,9-10H,8H2,1-2H3;3-5,7-9H,6H2,1-2H3;3-7,9-10H,8H2,1-2H3;4-6,8-10H,7H2,1-3H3;3-7,9H,8H2,1-2H3;1-2H3. The van der Waals surface area contributed by atoms with Crippen molar-refractivity contribution in [2.75, 3.05) is 0 Å². The zero-order valence-electron chi connectivity index (χ0n) is 70.6. The van der Waals surface area contributed by atoms with Crippen LogP contribution in [0.4, 0.5) is 39.5 Å². The number of nitrogens with zero attached hydrogens (tertiary/aromatic N) is 7. The molecule has 0 spiro atoms. The van der Waals surface area contributed by atoms with Gasteiger partial charge in [-0.3, -0.25) is 53.7 Å². The van der Waals surface area contributed by atoms with Crippen LogP contribution in [0.2, 0.25) is 5.02 Å². The second kappa shape index (κ2) is 47.6. The number of ketones is 6. The maximum Gasteiger partial charge on any atom is 0.188 e. The van der Waals surface area contributed by atoms with Gasteiger partial charge >= 0.3 is 0 Å². The second-order valence-corrected chi connectivity index (χ2v) is 30.4. The molecule has 0 saturated heterocycles. The molecule has 12 aromatic rings. The summed E-state index contributed by atoms with van der Waals surface area (Å²) in [6, 6.07) is 41.7. The lowest BCUT2D eigenvalue weighted by atomic mass is 9.97. The molecule has 632 valence electrons. The first kappa shape index (κ1) is 97.7. The zero-order valence-corrected chi connectivity index (χ0v) is 71.4. The lowest BCUT2D eigenvalue weighted by molar-refractivity contribution is 0.0976. The van der Waals surface area contributed by atoms with Gasteiger partial charge in [-0.1, -0.05) is 180 Å². The van der Waals surface area contributed by atoms with E-state index in [1.54, 1.807) is 117 Å². The van der Waals surface area contributed by atoms with Crippen molar-refractivity contribution in [2.45, 2.75) is 179 Å². The number of aromatic nitrogens is 7. The Morgan fingerprint density at radius 2 is 0.562 bits per heavy atom. The number of Topliss-reactive ketones (excluding diaryl/α,β-unsaturated/α-hetero) is 6. The summed E-state index contributed by atoms with van der Waals surface area (Å²) in [6.45, 7) is 30.4. The van der Waals surface area contributed by atoms with Crippen molar-refractivity contribution in [3.63, 3.8) is 0 Å². The number of pyridine rings is 5. The van der Waals surface area contributed by atoms with E-state index in [1.807, 2.05) is 116 Å². The van der Waals surface area contributed by atoms with E-state index in [9.17, 15) is 68.3 Å². The van der Waals surface area contributed by atoms with Gasteiger partial charge in [-0.05, 0) is 208 Å². The van der Waals surface area contributed by atoms with Crippen molar-refractivity contribution < 1.29 is 68.3 Å². The number of aryl methyl sites for hydroxylation is 4. The van der Waals surface area contributed by atoms with Crippen molar-refractivity contribution in [1.82, 2.24) is 34.9 Å². The minimum Gasteiger partial charge on any atom is -0.292 e. The molecule has 0 radical (unpaired) electrons. The molecule has 0 amide bonds. The zero-order chi connectivity index (χ0) is 89.5. The number of hydrogen-bond acceptors (Lipinski definition) is 13. The van der Waals surface area contributed by atoms with E-state index in [0.29, 0.717) is 72.8 Å². The van der Waals surface area contributed by atoms with E-state index in [2.05, 4.69) is 34.9 Å². The number of rotatable bonds is 23. The fourth-order valence-electron chi connectivity index (χ4n) is 11.7. The van der Waals surface area contributed by atoms with Gasteiger partial charge in [0, 0.05) is 69.4 Å². The Bertz CT molecular complexity index is 5050. The summed E-state index contributed by atoms with van der Waals surface area (Å²) in [5.41, 5.74) is 12.2. The average molecular weight is 1680 g/mol. The predicted octanol–water partition coefficient (Wildman–Crippen LogP) is 24.2.